The summed E-state index contributed by atoms with van der Waals surface area (Å²) in [6.45, 7) is 4.40. The molecule has 1 aliphatic rings. The molecular formula is C21H29N3O2. The Balaban J connectivity index is 1.78. The number of hydrogen-bond acceptors (Lipinski definition) is 3. The van der Waals surface area contributed by atoms with Gasteiger partial charge in [-0.2, -0.15) is 5.10 Å². The van der Waals surface area contributed by atoms with Gasteiger partial charge in [-0.05, 0) is 69.7 Å². The minimum atomic E-state index is -0.697. The lowest BCUT2D eigenvalue weighted by Gasteiger charge is -2.35. The van der Waals surface area contributed by atoms with Gasteiger partial charge in [-0.3, -0.25) is 9.48 Å². The number of aromatic nitrogens is 2. The van der Waals surface area contributed by atoms with Crippen LogP contribution in [0.2, 0.25) is 0 Å². The van der Waals surface area contributed by atoms with Crippen molar-refractivity contribution in [1.82, 2.24) is 14.7 Å². The van der Waals surface area contributed by atoms with Crippen LogP contribution in [0.4, 0.5) is 0 Å². The van der Waals surface area contributed by atoms with E-state index in [0.29, 0.717) is 6.42 Å². The van der Waals surface area contributed by atoms with Gasteiger partial charge in [0.2, 0.25) is 0 Å². The van der Waals surface area contributed by atoms with Crippen molar-refractivity contribution in [2.75, 3.05) is 6.54 Å². The van der Waals surface area contributed by atoms with E-state index in [-0.39, 0.29) is 11.9 Å². The summed E-state index contributed by atoms with van der Waals surface area (Å²) in [6, 6.07) is 9.88. The maximum Gasteiger partial charge on any atom is 0.254 e. The maximum atomic E-state index is 13.2. The Morgan fingerprint density at radius 1 is 1.31 bits per heavy atom. The van der Waals surface area contributed by atoms with Gasteiger partial charge in [0.25, 0.3) is 5.91 Å². The number of likely N-dealkylation sites (tertiary alicyclic amines) is 1. The lowest BCUT2D eigenvalue weighted by Crippen LogP contribution is -2.38. The second-order valence-electron chi connectivity index (χ2n) is 7.94. The Labute approximate surface area is 155 Å². The van der Waals surface area contributed by atoms with E-state index in [1.165, 1.54) is 0 Å². The zero-order chi connectivity index (χ0) is 18.7. The van der Waals surface area contributed by atoms with Crippen LogP contribution in [0.3, 0.4) is 0 Å². The van der Waals surface area contributed by atoms with Crippen LogP contribution in [0, 0.1) is 0 Å². The van der Waals surface area contributed by atoms with Crippen LogP contribution in [0.5, 0.6) is 0 Å². The minimum absolute atomic E-state index is 0.0532. The van der Waals surface area contributed by atoms with Crippen molar-refractivity contribution in [3.05, 3.63) is 53.3 Å². The molecule has 0 aliphatic carbocycles. The number of piperidine rings is 1. The molecule has 5 heteroatoms. The minimum Gasteiger partial charge on any atom is -0.390 e. The van der Waals surface area contributed by atoms with Gasteiger partial charge in [0.05, 0.1) is 17.3 Å². The summed E-state index contributed by atoms with van der Waals surface area (Å²) in [5, 5.41) is 14.5. The Bertz CT molecular complexity index is 761. The lowest BCUT2D eigenvalue weighted by atomic mass is 9.96. The quantitative estimate of drug-likeness (QED) is 0.893. The molecule has 1 N–H and O–H groups in total. The van der Waals surface area contributed by atoms with Crippen molar-refractivity contribution in [3.8, 4) is 0 Å². The fourth-order valence-corrected chi connectivity index (χ4v) is 3.57. The van der Waals surface area contributed by atoms with E-state index in [0.717, 1.165) is 49.0 Å². The second kappa shape index (κ2) is 7.62. The van der Waals surface area contributed by atoms with E-state index in [1.807, 2.05) is 62.3 Å². The van der Waals surface area contributed by atoms with Crippen LogP contribution in [0.15, 0.2) is 36.5 Å². The van der Waals surface area contributed by atoms with Crippen molar-refractivity contribution in [2.45, 2.75) is 57.6 Å². The number of benzene rings is 1. The first-order valence-electron chi connectivity index (χ1n) is 9.45. The van der Waals surface area contributed by atoms with E-state index in [2.05, 4.69) is 5.10 Å². The second-order valence-corrected chi connectivity index (χ2v) is 7.94. The summed E-state index contributed by atoms with van der Waals surface area (Å²) < 4.78 is 1.80. The molecule has 0 unspecified atom stereocenters. The van der Waals surface area contributed by atoms with Crippen molar-refractivity contribution >= 4 is 5.91 Å². The molecule has 1 aromatic heterocycles. The highest BCUT2D eigenvalue weighted by atomic mass is 16.3. The molecule has 2 aromatic rings. The molecule has 1 fully saturated rings. The molecule has 0 bridgehead atoms. The van der Waals surface area contributed by atoms with Gasteiger partial charge in [-0.1, -0.05) is 12.1 Å². The predicted molar refractivity (Wildman–Crippen MR) is 102 cm³/mol. The van der Waals surface area contributed by atoms with Crippen LogP contribution in [0.25, 0.3) is 0 Å². The highest BCUT2D eigenvalue weighted by Gasteiger charge is 2.30. The number of nitrogens with zero attached hydrogens (tertiary/aromatic N) is 3. The largest absolute Gasteiger partial charge is 0.390 e. The van der Waals surface area contributed by atoms with Gasteiger partial charge in [0, 0.05) is 25.4 Å². The summed E-state index contributed by atoms with van der Waals surface area (Å²) in [5.74, 6) is 0.0745. The van der Waals surface area contributed by atoms with Crippen molar-refractivity contribution in [1.29, 1.82) is 0 Å². The molecule has 1 amide bonds. The summed E-state index contributed by atoms with van der Waals surface area (Å²) >= 11 is 0. The Morgan fingerprint density at radius 2 is 2.12 bits per heavy atom. The van der Waals surface area contributed by atoms with Gasteiger partial charge in [0.15, 0.2) is 0 Å². The van der Waals surface area contributed by atoms with Gasteiger partial charge < -0.3 is 10.0 Å². The summed E-state index contributed by atoms with van der Waals surface area (Å²) in [6.07, 6.45) is 6.48. The van der Waals surface area contributed by atoms with Crippen molar-refractivity contribution in [2.24, 2.45) is 7.05 Å². The zero-order valence-corrected chi connectivity index (χ0v) is 16.0. The summed E-state index contributed by atoms with van der Waals surface area (Å²) in [5.41, 5.74) is 2.08. The molecule has 1 aliphatic heterocycles. The van der Waals surface area contributed by atoms with Crippen LogP contribution in [-0.2, 0) is 13.5 Å². The first kappa shape index (κ1) is 18.6. The number of aliphatic hydroxyl groups is 1. The topological polar surface area (TPSA) is 58.4 Å². The highest BCUT2D eigenvalue weighted by Crippen LogP contribution is 2.31. The van der Waals surface area contributed by atoms with E-state index >= 15 is 0 Å². The van der Waals surface area contributed by atoms with E-state index < -0.39 is 5.60 Å². The Kier molecular flexibility index (Phi) is 5.47. The maximum absolute atomic E-state index is 13.2. The number of rotatable bonds is 5. The normalized spacial score (nSPS) is 18.2. The summed E-state index contributed by atoms with van der Waals surface area (Å²) in [7, 11) is 1.91. The molecule has 1 atom stereocenters. The number of carbonyl (C=O) groups is 1. The zero-order valence-electron chi connectivity index (χ0n) is 16.0. The third kappa shape index (κ3) is 4.52. The van der Waals surface area contributed by atoms with E-state index in [1.54, 1.807) is 4.68 Å². The fraction of sp³-hybridized carbons (Fsp3) is 0.524. The van der Waals surface area contributed by atoms with Crippen molar-refractivity contribution < 1.29 is 9.90 Å². The van der Waals surface area contributed by atoms with Gasteiger partial charge >= 0.3 is 0 Å². The Hall–Kier alpha value is -2.14. The molecule has 0 radical (unpaired) electrons. The van der Waals surface area contributed by atoms with E-state index in [4.69, 9.17) is 0 Å². The van der Waals surface area contributed by atoms with Crippen LogP contribution in [-0.4, -0.2) is 37.8 Å². The molecule has 5 nitrogen and oxygen atoms in total. The third-order valence-electron chi connectivity index (χ3n) is 5.04. The third-order valence-corrected chi connectivity index (χ3v) is 5.04. The first-order chi connectivity index (χ1) is 12.3. The number of aryl methyl sites for hydroxylation is 2. The number of amides is 1. The van der Waals surface area contributed by atoms with Gasteiger partial charge in [0.1, 0.15) is 0 Å². The fourth-order valence-electron chi connectivity index (χ4n) is 3.57. The number of carbonyl (C=O) groups excluding carboxylic acids is 1. The summed E-state index contributed by atoms with van der Waals surface area (Å²) in [4.78, 5) is 15.2. The molecular weight excluding hydrogens is 326 g/mol. The molecule has 0 spiro atoms. The molecule has 1 aromatic carbocycles. The van der Waals surface area contributed by atoms with Crippen LogP contribution in [0.1, 0.15) is 67.2 Å². The smallest absolute Gasteiger partial charge is 0.254 e. The molecule has 1 saturated heterocycles. The van der Waals surface area contributed by atoms with Gasteiger partial charge in [-0.15, -0.1) is 0 Å². The standard InChI is InChI=1S/C21H29N3O2/c1-21(2,26)12-10-16-7-6-8-17(15-16)20(25)24-13-5-4-9-19(24)18-11-14-23(3)22-18/h6-8,11,14-15,19,26H,4-5,9-10,12-13H2,1-3H3/t19-/m0/s1. The average molecular weight is 355 g/mol. The monoisotopic (exact) mass is 355 g/mol. The number of hydrogen-bond donors (Lipinski definition) is 1. The average Bonchev–Trinajstić information content (AvgIpc) is 3.05. The molecule has 3 rings (SSSR count). The van der Waals surface area contributed by atoms with Crippen LogP contribution < -0.4 is 0 Å². The first-order valence-corrected chi connectivity index (χ1v) is 9.45. The Morgan fingerprint density at radius 3 is 2.81 bits per heavy atom. The highest BCUT2D eigenvalue weighted by molar-refractivity contribution is 5.94. The van der Waals surface area contributed by atoms with Crippen LogP contribution >= 0.6 is 0 Å². The lowest BCUT2D eigenvalue weighted by molar-refractivity contribution is 0.0605. The molecule has 0 saturated carbocycles. The molecule has 26 heavy (non-hydrogen) atoms. The molecule has 140 valence electrons. The van der Waals surface area contributed by atoms with Crippen molar-refractivity contribution in [3.63, 3.8) is 0 Å². The SMILES string of the molecule is Cn1ccc([C@@H]2CCCCN2C(=O)c2cccc(CCC(C)(C)O)c2)n1. The van der Waals surface area contributed by atoms with Gasteiger partial charge in [-0.25, -0.2) is 0 Å². The predicted octanol–water partition coefficient (Wildman–Crippen LogP) is 3.49. The van der Waals surface area contributed by atoms with E-state index in [9.17, 15) is 9.90 Å². The molecule has 2 heterocycles.